The van der Waals surface area contributed by atoms with Gasteiger partial charge in [-0.15, -0.1) is 0 Å². The summed E-state index contributed by atoms with van der Waals surface area (Å²) in [7, 11) is 0. The SMILES string of the molecule is CCNC(=NCc1ccc(OCC(F)(F)F)cc1)NC(C)CCCN(CC)CC. The molecule has 0 aliphatic rings. The van der Waals surface area contributed by atoms with Gasteiger partial charge >= 0.3 is 6.18 Å². The minimum absolute atomic E-state index is 0.196. The maximum Gasteiger partial charge on any atom is 0.422 e. The van der Waals surface area contributed by atoms with E-state index >= 15 is 0 Å². The first-order chi connectivity index (χ1) is 13.8. The molecule has 0 saturated heterocycles. The summed E-state index contributed by atoms with van der Waals surface area (Å²) in [5.41, 5.74) is 0.899. The van der Waals surface area contributed by atoms with Crippen LogP contribution >= 0.6 is 0 Å². The lowest BCUT2D eigenvalue weighted by Crippen LogP contribution is -2.42. The number of hydrogen-bond donors (Lipinski definition) is 2. The maximum absolute atomic E-state index is 12.2. The Morgan fingerprint density at radius 2 is 1.79 bits per heavy atom. The average molecular weight is 417 g/mol. The number of aliphatic imine (C=N–C) groups is 1. The number of nitrogens with zero attached hydrogens (tertiary/aromatic N) is 2. The monoisotopic (exact) mass is 416 g/mol. The summed E-state index contributed by atoms with van der Waals surface area (Å²) in [5.74, 6) is 0.933. The van der Waals surface area contributed by atoms with E-state index in [0.29, 0.717) is 12.6 Å². The molecule has 1 rings (SSSR count). The third-order valence-electron chi connectivity index (χ3n) is 4.48. The van der Waals surface area contributed by atoms with Crippen molar-refractivity contribution in [3.8, 4) is 5.75 Å². The minimum Gasteiger partial charge on any atom is -0.484 e. The predicted molar refractivity (Wildman–Crippen MR) is 112 cm³/mol. The molecule has 0 aliphatic carbocycles. The Bertz CT molecular complexity index is 587. The molecule has 0 amide bonds. The molecule has 0 bridgehead atoms. The summed E-state index contributed by atoms with van der Waals surface area (Å²) in [6, 6.07) is 6.82. The number of benzene rings is 1. The fraction of sp³-hybridized carbons (Fsp3) is 0.667. The molecule has 0 fully saturated rings. The molecule has 1 aromatic carbocycles. The van der Waals surface area contributed by atoms with Crippen molar-refractivity contribution in [3.05, 3.63) is 29.8 Å². The standard InChI is InChI=1S/C21H35F3N4O/c1-5-25-20(27-17(4)9-8-14-28(6-2)7-3)26-15-18-10-12-19(13-11-18)29-16-21(22,23)24/h10-13,17H,5-9,14-16H2,1-4H3,(H2,25,26,27). The molecule has 0 aliphatic heterocycles. The molecule has 29 heavy (non-hydrogen) atoms. The van der Waals surface area contributed by atoms with Crippen LogP contribution in [0.3, 0.4) is 0 Å². The Morgan fingerprint density at radius 3 is 2.34 bits per heavy atom. The number of guanidine groups is 1. The van der Waals surface area contributed by atoms with E-state index in [0.717, 1.165) is 50.5 Å². The third-order valence-corrected chi connectivity index (χ3v) is 4.48. The van der Waals surface area contributed by atoms with Gasteiger partial charge in [-0.2, -0.15) is 13.2 Å². The summed E-state index contributed by atoms with van der Waals surface area (Å²) in [6.07, 6.45) is -2.17. The zero-order valence-corrected chi connectivity index (χ0v) is 18.0. The van der Waals surface area contributed by atoms with Crippen molar-refractivity contribution >= 4 is 5.96 Å². The van der Waals surface area contributed by atoms with Gasteiger partial charge in [0, 0.05) is 12.6 Å². The van der Waals surface area contributed by atoms with E-state index in [1.165, 1.54) is 12.1 Å². The molecule has 0 spiro atoms. The minimum atomic E-state index is -4.34. The number of nitrogens with one attached hydrogen (secondary N) is 2. The number of alkyl halides is 3. The summed E-state index contributed by atoms with van der Waals surface area (Å²) in [6.45, 7) is 11.6. The van der Waals surface area contributed by atoms with E-state index < -0.39 is 12.8 Å². The third kappa shape index (κ3) is 11.6. The van der Waals surface area contributed by atoms with Crippen LogP contribution in [-0.4, -0.2) is 55.9 Å². The number of halogens is 3. The first kappa shape index (κ1) is 25.1. The van der Waals surface area contributed by atoms with Gasteiger partial charge in [0.2, 0.25) is 0 Å². The molecule has 0 heterocycles. The molecule has 0 radical (unpaired) electrons. The topological polar surface area (TPSA) is 48.9 Å². The quantitative estimate of drug-likeness (QED) is 0.396. The smallest absolute Gasteiger partial charge is 0.422 e. The van der Waals surface area contributed by atoms with Crippen LogP contribution in [0.15, 0.2) is 29.3 Å². The lowest BCUT2D eigenvalue weighted by molar-refractivity contribution is -0.153. The average Bonchev–Trinajstić information content (AvgIpc) is 2.68. The molecule has 166 valence electrons. The van der Waals surface area contributed by atoms with Gasteiger partial charge in [0.25, 0.3) is 0 Å². The Kier molecular flexibility index (Phi) is 11.5. The highest BCUT2D eigenvalue weighted by Crippen LogP contribution is 2.19. The van der Waals surface area contributed by atoms with Crippen LogP contribution in [0.5, 0.6) is 5.75 Å². The van der Waals surface area contributed by atoms with Crippen LogP contribution in [0.4, 0.5) is 13.2 Å². The van der Waals surface area contributed by atoms with E-state index in [4.69, 9.17) is 4.74 Å². The Balaban J connectivity index is 2.51. The van der Waals surface area contributed by atoms with Crippen molar-refractivity contribution in [2.75, 3.05) is 32.8 Å². The Morgan fingerprint density at radius 1 is 1.14 bits per heavy atom. The van der Waals surface area contributed by atoms with Crippen molar-refractivity contribution in [1.82, 2.24) is 15.5 Å². The fourth-order valence-corrected chi connectivity index (χ4v) is 2.81. The van der Waals surface area contributed by atoms with Gasteiger partial charge in [0.1, 0.15) is 5.75 Å². The molecular formula is C21H35F3N4O. The van der Waals surface area contributed by atoms with Crippen LogP contribution < -0.4 is 15.4 Å². The second-order valence-corrected chi connectivity index (χ2v) is 6.96. The molecular weight excluding hydrogens is 381 g/mol. The highest BCUT2D eigenvalue weighted by atomic mass is 19.4. The summed E-state index contributed by atoms with van der Waals surface area (Å²) >= 11 is 0. The van der Waals surface area contributed by atoms with Crippen molar-refractivity contribution in [3.63, 3.8) is 0 Å². The van der Waals surface area contributed by atoms with Gasteiger partial charge in [0.05, 0.1) is 6.54 Å². The van der Waals surface area contributed by atoms with Crippen LogP contribution in [0, 0.1) is 0 Å². The summed E-state index contributed by atoms with van der Waals surface area (Å²) < 4.78 is 41.3. The summed E-state index contributed by atoms with van der Waals surface area (Å²) in [4.78, 5) is 6.99. The Labute approximate surface area is 172 Å². The van der Waals surface area contributed by atoms with Gasteiger partial charge in [-0.05, 0) is 64.0 Å². The fourth-order valence-electron chi connectivity index (χ4n) is 2.81. The zero-order valence-electron chi connectivity index (χ0n) is 18.0. The number of rotatable bonds is 12. The molecule has 8 heteroatoms. The first-order valence-electron chi connectivity index (χ1n) is 10.3. The normalized spacial score (nSPS) is 13.4. The molecule has 1 atom stereocenters. The maximum atomic E-state index is 12.2. The predicted octanol–water partition coefficient (Wildman–Crippen LogP) is 4.19. The van der Waals surface area contributed by atoms with Gasteiger partial charge in [-0.1, -0.05) is 26.0 Å². The number of hydrogen-bond acceptors (Lipinski definition) is 3. The highest BCUT2D eigenvalue weighted by Gasteiger charge is 2.28. The molecule has 1 aromatic rings. The zero-order chi connectivity index (χ0) is 21.7. The second-order valence-electron chi connectivity index (χ2n) is 6.96. The van der Waals surface area contributed by atoms with Gasteiger partial charge < -0.3 is 20.3 Å². The molecule has 0 aromatic heterocycles. The first-order valence-corrected chi connectivity index (χ1v) is 10.3. The molecule has 5 nitrogen and oxygen atoms in total. The molecule has 0 saturated carbocycles. The van der Waals surface area contributed by atoms with Crippen LogP contribution in [0.1, 0.15) is 46.1 Å². The second kappa shape index (κ2) is 13.3. The lowest BCUT2D eigenvalue weighted by atomic mass is 10.2. The van der Waals surface area contributed by atoms with Crippen molar-refractivity contribution in [2.24, 2.45) is 4.99 Å². The largest absolute Gasteiger partial charge is 0.484 e. The van der Waals surface area contributed by atoms with Crippen molar-refractivity contribution in [2.45, 2.75) is 59.3 Å². The van der Waals surface area contributed by atoms with Crippen molar-refractivity contribution in [1.29, 1.82) is 0 Å². The van der Waals surface area contributed by atoms with E-state index in [1.54, 1.807) is 12.1 Å². The summed E-state index contributed by atoms with van der Waals surface area (Å²) in [5, 5.41) is 6.65. The Hall–Kier alpha value is -1.96. The highest BCUT2D eigenvalue weighted by molar-refractivity contribution is 5.80. The van der Waals surface area contributed by atoms with Gasteiger partial charge in [-0.3, -0.25) is 0 Å². The van der Waals surface area contributed by atoms with E-state index in [9.17, 15) is 13.2 Å². The van der Waals surface area contributed by atoms with Crippen LogP contribution in [-0.2, 0) is 6.54 Å². The van der Waals surface area contributed by atoms with Crippen molar-refractivity contribution < 1.29 is 17.9 Å². The number of ether oxygens (including phenoxy) is 1. The molecule has 1 unspecified atom stereocenters. The van der Waals surface area contributed by atoms with Gasteiger partial charge in [-0.25, -0.2) is 4.99 Å². The lowest BCUT2D eigenvalue weighted by Gasteiger charge is -2.21. The van der Waals surface area contributed by atoms with Crippen LogP contribution in [0.25, 0.3) is 0 Å². The van der Waals surface area contributed by atoms with Crippen LogP contribution in [0.2, 0.25) is 0 Å². The van der Waals surface area contributed by atoms with Gasteiger partial charge in [0.15, 0.2) is 12.6 Å². The molecule has 2 N–H and O–H groups in total. The van der Waals surface area contributed by atoms with E-state index in [-0.39, 0.29) is 5.75 Å². The van der Waals surface area contributed by atoms with E-state index in [1.807, 2.05) is 6.92 Å². The van der Waals surface area contributed by atoms with E-state index in [2.05, 4.69) is 41.3 Å².